The van der Waals surface area contributed by atoms with E-state index in [0.717, 1.165) is 0 Å². The molecule has 8 heteroatoms. The van der Waals surface area contributed by atoms with Crippen LogP contribution in [-0.4, -0.2) is 46.8 Å². The van der Waals surface area contributed by atoms with Crippen molar-refractivity contribution in [2.24, 2.45) is 0 Å². The smallest absolute Gasteiger partial charge is 0.337 e. The minimum Gasteiger partial charge on any atom is -0.467 e. The number of rotatable bonds is 3. The van der Waals surface area contributed by atoms with Gasteiger partial charge in [-0.25, -0.2) is 9.78 Å². The first-order valence-corrected chi connectivity index (χ1v) is 6.13. The van der Waals surface area contributed by atoms with Gasteiger partial charge < -0.3 is 14.7 Å². The van der Waals surface area contributed by atoms with Gasteiger partial charge in [0, 0.05) is 38.2 Å². The monoisotopic (exact) mass is 281 g/mol. The summed E-state index contributed by atoms with van der Waals surface area (Å²) in [5.74, 6) is -0.419. The Bertz CT molecular complexity index is 526. The molecule has 0 amide bonds. The molecule has 1 saturated heterocycles. The molecule has 1 fully saturated rings. The van der Waals surface area contributed by atoms with Crippen LogP contribution in [0.15, 0.2) is 18.3 Å². The average Bonchev–Trinajstić information content (AvgIpc) is 2.47. The maximum Gasteiger partial charge on any atom is 0.337 e. The number of esters is 1. The molecule has 0 aromatic carbocycles. The molecule has 8 nitrogen and oxygen atoms in total. The standard InChI is InChI=1S/C12H15N3O5/c1-20-11(16)12(17)4-7-14(8-5-12)10-9(15(18)19)3-2-6-13-10/h2-3,6,17H,4-5,7-8H2,1H3. The van der Waals surface area contributed by atoms with Crippen LogP contribution in [0.1, 0.15) is 12.8 Å². The van der Waals surface area contributed by atoms with Crippen LogP contribution in [0.25, 0.3) is 0 Å². The van der Waals surface area contributed by atoms with E-state index in [1.54, 1.807) is 4.90 Å². The number of carbonyl (C=O) groups is 1. The summed E-state index contributed by atoms with van der Waals surface area (Å²) in [5, 5.41) is 21.1. The number of nitro groups is 1. The zero-order chi connectivity index (χ0) is 14.8. The quantitative estimate of drug-likeness (QED) is 0.488. The Hall–Kier alpha value is -2.22. The van der Waals surface area contributed by atoms with Gasteiger partial charge in [0.1, 0.15) is 0 Å². The molecule has 0 bridgehead atoms. The van der Waals surface area contributed by atoms with Crippen molar-refractivity contribution in [2.75, 3.05) is 25.1 Å². The van der Waals surface area contributed by atoms with E-state index in [-0.39, 0.29) is 24.3 Å². The molecule has 0 aliphatic carbocycles. The molecule has 0 radical (unpaired) electrons. The van der Waals surface area contributed by atoms with Gasteiger partial charge >= 0.3 is 11.7 Å². The Labute approximate surface area is 115 Å². The Balaban J connectivity index is 2.16. The summed E-state index contributed by atoms with van der Waals surface area (Å²) in [6.45, 7) is 0.590. The second-order valence-corrected chi connectivity index (χ2v) is 4.61. The van der Waals surface area contributed by atoms with Gasteiger partial charge in [-0.3, -0.25) is 10.1 Å². The Morgan fingerprint density at radius 3 is 2.75 bits per heavy atom. The van der Waals surface area contributed by atoms with Crippen LogP contribution < -0.4 is 4.90 Å². The third-order valence-corrected chi connectivity index (χ3v) is 3.42. The SMILES string of the molecule is COC(=O)C1(O)CCN(c2ncccc2[N+](=O)[O-])CC1. The second kappa shape index (κ2) is 5.41. The van der Waals surface area contributed by atoms with Crippen LogP contribution in [-0.2, 0) is 9.53 Å². The highest BCUT2D eigenvalue weighted by Gasteiger charge is 2.41. The molecule has 1 aliphatic heterocycles. The van der Waals surface area contributed by atoms with Gasteiger partial charge in [-0.1, -0.05) is 0 Å². The van der Waals surface area contributed by atoms with E-state index in [1.807, 2.05) is 0 Å². The summed E-state index contributed by atoms with van der Waals surface area (Å²) in [6.07, 6.45) is 1.77. The van der Waals surface area contributed by atoms with Crippen LogP contribution in [0.3, 0.4) is 0 Å². The van der Waals surface area contributed by atoms with E-state index in [1.165, 1.54) is 25.4 Å². The Morgan fingerprint density at radius 1 is 1.55 bits per heavy atom. The van der Waals surface area contributed by atoms with E-state index >= 15 is 0 Å². The molecule has 1 N–H and O–H groups in total. The summed E-state index contributed by atoms with van der Waals surface area (Å²) >= 11 is 0. The fourth-order valence-electron chi connectivity index (χ4n) is 2.26. The van der Waals surface area contributed by atoms with E-state index in [0.29, 0.717) is 13.1 Å². The van der Waals surface area contributed by atoms with Gasteiger partial charge in [0.2, 0.25) is 5.82 Å². The molecule has 108 valence electrons. The van der Waals surface area contributed by atoms with Gasteiger partial charge in [-0.15, -0.1) is 0 Å². The lowest BCUT2D eigenvalue weighted by Crippen LogP contribution is -2.50. The predicted octanol–water partition coefficient (Wildman–Crippen LogP) is 0.494. The van der Waals surface area contributed by atoms with Gasteiger partial charge in [0.05, 0.1) is 12.0 Å². The minimum absolute atomic E-state index is 0.0870. The van der Waals surface area contributed by atoms with Crippen LogP contribution in [0.4, 0.5) is 11.5 Å². The second-order valence-electron chi connectivity index (χ2n) is 4.61. The highest BCUT2D eigenvalue weighted by molar-refractivity contribution is 5.79. The number of methoxy groups -OCH3 is 1. The highest BCUT2D eigenvalue weighted by atomic mass is 16.6. The molecule has 0 atom stereocenters. The molecule has 1 aromatic heterocycles. The number of pyridine rings is 1. The van der Waals surface area contributed by atoms with Crippen molar-refractivity contribution in [3.8, 4) is 0 Å². The highest BCUT2D eigenvalue weighted by Crippen LogP contribution is 2.31. The number of anilines is 1. The zero-order valence-electron chi connectivity index (χ0n) is 11.0. The van der Waals surface area contributed by atoms with Crippen molar-refractivity contribution in [2.45, 2.75) is 18.4 Å². The first-order valence-electron chi connectivity index (χ1n) is 6.13. The van der Waals surface area contributed by atoms with Gasteiger partial charge in [0.25, 0.3) is 0 Å². The molecular formula is C12H15N3O5. The lowest BCUT2D eigenvalue weighted by molar-refractivity contribution is -0.384. The molecular weight excluding hydrogens is 266 g/mol. The summed E-state index contributed by atoms with van der Waals surface area (Å²) in [6, 6.07) is 2.87. The van der Waals surface area contributed by atoms with Crippen molar-refractivity contribution in [1.29, 1.82) is 0 Å². The van der Waals surface area contributed by atoms with Gasteiger partial charge in [0.15, 0.2) is 5.60 Å². The molecule has 0 saturated carbocycles. The number of carbonyl (C=O) groups excluding carboxylic acids is 1. The number of piperidine rings is 1. The maximum atomic E-state index is 11.5. The molecule has 1 aromatic rings. The summed E-state index contributed by atoms with van der Waals surface area (Å²) in [7, 11) is 1.22. The first-order chi connectivity index (χ1) is 9.48. The fraction of sp³-hybridized carbons (Fsp3) is 0.500. The molecule has 2 heterocycles. The molecule has 2 rings (SSSR count). The molecule has 20 heavy (non-hydrogen) atoms. The normalized spacial score (nSPS) is 17.6. The average molecular weight is 281 g/mol. The number of hydrogen-bond acceptors (Lipinski definition) is 7. The summed E-state index contributed by atoms with van der Waals surface area (Å²) in [5.41, 5.74) is -1.61. The van der Waals surface area contributed by atoms with Crippen molar-refractivity contribution in [3.63, 3.8) is 0 Å². The molecule has 1 aliphatic rings. The Morgan fingerprint density at radius 2 is 2.20 bits per heavy atom. The first kappa shape index (κ1) is 14.2. The molecule has 0 spiro atoms. The van der Waals surface area contributed by atoms with Crippen LogP contribution >= 0.6 is 0 Å². The largest absolute Gasteiger partial charge is 0.467 e. The fourth-order valence-corrected chi connectivity index (χ4v) is 2.26. The number of aromatic nitrogens is 1. The van der Waals surface area contributed by atoms with Crippen molar-refractivity contribution in [1.82, 2.24) is 4.98 Å². The predicted molar refractivity (Wildman–Crippen MR) is 69.3 cm³/mol. The summed E-state index contributed by atoms with van der Waals surface area (Å²) in [4.78, 5) is 27.7. The van der Waals surface area contributed by atoms with Crippen LogP contribution in [0.5, 0.6) is 0 Å². The van der Waals surface area contributed by atoms with Gasteiger partial charge in [-0.2, -0.15) is 0 Å². The number of nitrogens with zero attached hydrogens (tertiary/aromatic N) is 3. The third-order valence-electron chi connectivity index (χ3n) is 3.42. The van der Waals surface area contributed by atoms with Crippen LogP contribution in [0, 0.1) is 10.1 Å². The zero-order valence-corrected chi connectivity index (χ0v) is 11.0. The van der Waals surface area contributed by atoms with Gasteiger partial charge in [-0.05, 0) is 6.07 Å². The van der Waals surface area contributed by atoms with E-state index < -0.39 is 16.5 Å². The van der Waals surface area contributed by atoms with E-state index in [4.69, 9.17) is 0 Å². The molecule has 0 unspecified atom stereocenters. The Kier molecular flexibility index (Phi) is 3.84. The van der Waals surface area contributed by atoms with Crippen molar-refractivity contribution >= 4 is 17.5 Å². The summed E-state index contributed by atoms with van der Waals surface area (Å²) < 4.78 is 4.56. The lowest BCUT2D eigenvalue weighted by atomic mass is 9.91. The van der Waals surface area contributed by atoms with Crippen molar-refractivity contribution in [3.05, 3.63) is 28.4 Å². The minimum atomic E-state index is -1.52. The number of hydrogen-bond donors (Lipinski definition) is 1. The van der Waals surface area contributed by atoms with Crippen LogP contribution in [0.2, 0.25) is 0 Å². The lowest BCUT2D eigenvalue weighted by Gasteiger charge is -2.36. The van der Waals surface area contributed by atoms with E-state index in [2.05, 4.69) is 9.72 Å². The van der Waals surface area contributed by atoms with E-state index in [9.17, 15) is 20.0 Å². The topological polar surface area (TPSA) is 106 Å². The number of aliphatic hydroxyl groups is 1. The van der Waals surface area contributed by atoms with Crippen molar-refractivity contribution < 1.29 is 19.6 Å². The maximum absolute atomic E-state index is 11.5. The third kappa shape index (κ3) is 2.55. The number of ether oxygens (including phenoxy) is 1.